The van der Waals surface area contributed by atoms with Crippen LogP contribution in [-0.4, -0.2) is 17.1 Å². The third kappa shape index (κ3) is 5.51. The number of hydrogen-bond donors (Lipinski definition) is 0. The van der Waals surface area contributed by atoms with E-state index in [1.165, 1.54) is 0 Å². The van der Waals surface area contributed by atoms with E-state index in [2.05, 4.69) is 120 Å². The minimum atomic E-state index is 0.810. The molecule has 0 N–H and O–H groups in total. The molecule has 2 heterocycles. The Morgan fingerprint density at radius 3 is 1.45 bits per heavy atom. The largest absolute Gasteiger partial charge is 0.497 e. The van der Waals surface area contributed by atoms with Crippen molar-refractivity contribution < 1.29 is 4.74 Å². The van der Waals surface area contributed by atoms with Gasteiger partial charge >= 0.3 is 0 Å². The summed E-state index contributed by atoms with van der Waals surface area (Å²) in [5, 5.41) is 0. The highest BCUT2D eigenvalue weighted by molar-refractivity contribution is 5.90. The topological polar surface area (TPSA) is 35.0 Å². The molecule has 0 fully saturated rings. The van der Waals surface area contributed by atoms with Crippen LogP contribution in [0.25, 0.3) is 67.0 Å². The predicted molar refractivity (Wildman–Crippen MR) is 181 cm³/mol. The van der Waals surface area contributed by atoms with Crippen molar-refractivity contribution in [2.24, 2.45) is 0 Å². The van der Waals surface area contributed by atoms with Gasteiger partial charge in [-0.1, -0.05) is 115 Å². The molecule has 0 aliphatic rings. The van der Waals surface area contributed by atoms with Gasteiger partial charge < -0.3 is 4.74 Å². The van der Waals surface area contributed by atoms with Crippen molar-refractivity contribution in [3.63, 3.8) is 0 Å². The highest BCUT2D eigenvalue weighted by Crippen LogP contribution is 2.40. The Morgan fingerprint density at radius 2 is 0.886 bits per heavy atom. The molecule has 2 aromatic heterocycles. The number of methoxy groups -OCH3 is 1. The summed E-state index contributed by atoms with van der Waals surface area (Å²) in [5.41, 5.74) is 13.1. The SMILES string of the molecule is COc1cc(-c2ccccc2-c2ccc(-c3ccccn3)cc2)cc(-c2ccccc2-c2ccc(-c3ccccc3)nc2)c1. The Hall–Kier alpha value is -5.80. The Bertz CT molecular complexity index is 1870. The number of hydrogen-bond acceptors (Lipinski definition) is 3. The minimum absolute atomic E-state index is 0.810. The average Bonchev–Trinajstić information content (AvgIpc) is 3.12. The molecule has 0 spiro atoms. The zero-order chi connectivity index (χ0) is 29.7. The van der Waals surface area contributed by atoms with Crippen molar-refractivity contribution in [1.82, 2.24) is 9.97 Å². The first-order valence-corrected chi connectivity index (χ1v) is 14.7. The summed E-state index contributed by atoms with van der Waals surface area (Å²) in [7, 11) is 1.73. The van der Waals surface area contributed by atoms with Crippen molar-refractivity contribution in [1.29, 1.82) is 0 Å². The Morgan fingerprint density at radius 1 is 0.386 bits per heavy atom. The second-order valence-corrected chi connectivity index (χ2v) is 10.6. The maximum atomic E-state index is 5.84. The van der Waals surface area contributed by atoms with Crippen molar-refractivity contribution in [3.8, 4) is 72.8 Å². The molecule has 0 atom stereocenters. The van der Waals surface area contributed by atoms with Crippen LogP contribution in [0.3, 0.4) is 0 Å². The first-order valence-electron chi connectivity index (χ1n) is 14.7. The van der Waals surface area contributed by atoms with Crippen molar-refractivity contribution >= 4 is 0 Å². The molecule has 0 unspecified atom stereocenters. The molecule has 210 valence electrons. The number of rotatable bonds is 7. The molecular formula is C41H30N2O. The standard InChI is InChI=1S/C41H30N2O/c1-44-35-26-33(38-15-7-5-13-36(38)29-18-20-31(21-19-29)40-17-9-10-24-42-40)25-34(27-35)39-16-8-6-14-37(39)32-22-23-41(43-28-32)30-11-3-2-4-12-30/h2-28H,1H3. The first kappa shape index (κ1) is 27.1. The fraction of sp³-hybridized carbons (Fsp3) is 0.0244. The number of pyridine rings is 2. The van der Waals surface area contributed by atoms with Gasteiger partial charge in [0.25, 0.3) is 0 Å². The van der Waals surface area contributed by atoms with E-state index >= 15 is 0 Å². The summed E-state index contributed by atoms with van der Waals surface area (Å²) in [5.74, 6) is 0.810. The second kappa shape index (κ2) is 12.2. The van der Waals surface area contributed by atoms with E-state index in [1.54, 1.807) is 7.11 Å². The monoisotopic (exact) mass is 566 g/mol. The molecule has 0 bridgehead atoms. The Kier molecular flexibility index (Phi) is 7.51. The lowest BCUT2D eigenvalue weighted by atomic mass is 9.90. The van der Waals surface area contributed by atoms with Gasteiger partial charge in [-0.3, -0.25) is 9.97 Å². The van der Waals surface area contributed by atoms with Gasteiger partial charge in [-0.25, -0.2) is 0 Å². The summed E-state index contributed by atoms with van der Waals surface area (Å²) < 4.78 is 5.84. The molecule has 0 saturated carbocycles. The molecule has 5 aromatic carbocycles. The van der Waals surface area contributed by atoms with Crippen molar-refractivity contribution in [2.45, 2.75) is 0 Å². The lowest BCUT2D eigenvalue weighted by molar-refractivity contribution is 0.415. The molecule has 3 nitrogen and oxygen atoms in total. The molecule has 7 rings (SSSR count). The Balaban J connectivity index is 1.28. The van der Waals surface area contributed by atoms with E-state index < -0.39 is 0 Å². The van der Waals surface area contributed by atoms with Gasteiger partial charge in [-0.2, -0.15) is 0 Å². The summed E-state index contributed by atoms with van der Waals surface area (Å²) in [6.07, 6.45) is 3.79. The molecule has 0 saturated heterocycles. The van der Waals surface area contributed by atoms with E-state index in [-0.39, 0.29) is 0 Å². The van der Waals surface area contributed by atoms with Gasteiger partial charge in [0, 0.05) is 29.1 Å². The zero-order valence-electron chi connectivity index (χ0n) is 24.4. The van der Waals surface area contributed by atoms with Crippen LogP contribution in [-0.2, 0) is 0 Å². The Labute approximate surface area is 258 Å². The van der Waals surface area contributed by atoms with Crippen molar-refractivity contribution in [3.05, 3.63) is 164 Å². The van der Waals surface area contributed by atoms with Crippen LogP contribution < -0.4 is 4.74 Å². The summed E-state index contributed by atoms with van der Waals surface area (Å²) in [4.78, 5) is 9.30. The van der Waals surface area contributed by atoms with Crippen LogP contribution in [0.2, 0.25) is 0 Å². The number of nitrogens with zero attached hydrogens (tertiary/aromatic N) is 2. The number of ether oxygens (including phenoxy) is 1. The second-order valence-electron chi connectivity index (χ2n) is 10.6. The smallest absolute Gasteiger partial charge is 0.120 e. The third-order valence-corrected chi connectivity index (χ3v) is 7.92. The molecule has 0 radical (unpaired) electrons. The molecule has 0 aliphatic carbocycles. The van der Waals surface area contributed by atoms with E-state index in [0.717, 1.165) is 72.8 Å². The van der Waals surface area contributed by atoms with Gasteiger partial charge in [-0.15, -0.1) is 0 Å². The first-order chi connectivity index (χ1) is 21.8. The maximum absolute atomic E-state index is 5.84. The quantitative estimate of drug-likeness (QED) is 0.192. The summed E-state index contributed by atoms with van der Waals surface area (Å²) in [6.45, 7) is 0. The lowest BCUT2D eigenvalue weighted by Gasteiger charge is -2.16. The summed E-state index contributed by atoms with van der Waals surface area (Å²) >= 11 is 0. The predicted octanol–water partition coefficient (Wildman–Crippen LogP) is 10.5. The van der Waals surface area contributed by atoms with E-state index in [1.807, 2.05) is 48.8 Å². The molecular weight excluding hydrogens is 536 g/mol. The van der Waals surface area contributed by atoms with Crippen LogP contribution >= 0.6 is 0 Å². The molecule has 3 heteroatoms. The zero-order valence-corrected chi connectivity index (χ0v) is 24.4. The molecule has 0 amide bonds. The van der Waals surface area contributed by atoms with Crippen LogP contribution in [0.1, 0.15) is 0 Å². The average molecular weight is 567 g/mol. The minimum Gasteiger partial charge on any atom is -0.497 e. The highest BCUT2D eigenvalue weighted by atomic mass is 16.5. The van der Waals surface area contributed by atoms with Gasteiger partial charge in [-0.05, 0) is 75.3 Å². The number of benzene rings is 5. The van der Waals surface area contributed by atoms with Gasteiger partial charge in [0.15, 0.2) is 0 Å². The maximum Gasteiger partial charge on any atom is 0.120 e. The lowest BCUT2D eigenvalue weighted by Crippen LogP contribution is -1.92. The fourth-order valence-electron chi connectivity index (χ4n) is 5.69. The third-order valence-electron chi connectivity index (χ3n) is 7.92. The van der Waals surface area contributed by atoms with E-state index in [0.29, 0.717) is 0 Å². The van der Waals surface area contributed by atoms with E-state index in [9.17, 15) is 0 Å². The highest BCUT2D eigenvalue weighted by Gasteiger charge is 2.14. The van der Waals surface area contributed by atoms with Gasteiger partial charge in [0.1, 0.15) is 5.75 Å². The van der Waals surface area contributed by atoms with Crippen molar-refractivity contribution in [2.75, 3.05) is 7.11 Å². The summed E-state index contributed by atoms with van der Waals surface area (Å²) in [6, 6.07) is 52.6. The molecule has 44 heavy (non-hydrogen) atoms. The van der Waals surface area contributed by atoms with Gasteiger partial charge in [0.2, 0.25) is 0 Å². The number of aromatic nitrogens is 2. The molecule has 7 aromatic rings. The molecule has 0 aliphatic heterocycles. The van der Waals surface area contributed by atoms with Crippen LogP contribution in [0.4, 0.5) is 0 Å². The van der Waals surface area contributed by atoms with Crippen LogP contribution in [0.15, 0.2) is 164 Å². The van der Waals surface area contributed by atoms with Crippen LogP contribution in [0.5, 0.6) is 5.75 Å². The van der Waals surface area contributed by atoms with Crippen LogP contribution in [0, 0.1) is 0 Å². The van der Waals surface area contributed by atoms with Gasteiger partial charge in [0.05, 0.1) is 18.5 Å². The fourth-order valence-corrected chi connectivity index (χ4v) is 5.69. The normalized spacial score (nSPS) is 10.8. The van der Waals surface area contributed by atoms with E-state index in [4.69, 9.17) is 9.72 Å².